The summed E-state index contributed by atoms with van der Waals surface area (Å²) >= 11 is 0. The zero-order valence-corrected chi connectivity index (χ0v) is 25.2. The van der Waals surface area contributed by atoms with Gasteiger partial charge in [-0.3, -0.25) is 9.59 Å². The van der Waals surface area contributed by atoms with Gasteiger partial charge in [-0.2, -0.15) is 28.1 Å². The molecule has 1 spiro atoms. The number of benzene rings is 2. The van der Waals surface area contributed by atoms with Crippen molar-refractivity contribution in [3.8, 4) is 11.8 Å². The molecule has 0 unspecified atom stereocenters. The number of hydrogen-bond donors (Lipinski definition) is 2. The van der Waals surface area contributed by atoms with E-state index in [-0.39, 0.29) is 30.0 Å². The molecule has 3 aliphatic heterocycles. The maximum atomic E-state index is 12.9. The molecule has 240 valence electrons. The number of nitrogens with zero attached hydrogens (tertiary/aromatic N) is 4. The van der Waals surface area contributed by atoms with Crippen LogP contribution in [0.3, 0.4) is 0 Å². The summed E-state index contributed by atoms with van der Waals surface area (Å²) in [7, 11) is 0. The number of carbonyl (C=O) groups is 2. The van der Waals surface area contributed by atoms with E-state index in [0.29, 0.717) is 50.4 Å². The summed E-state index contributed by atoms with van der Waals surface area (Å²) in [6, 6.07) is 14.1. The summed E-state index contributed by atoms with van der Waals surface area (Å²) in [4.78, 5) is 39.8. The Labute approximate surface area is 259 Å². The first kappa shape index (κ1) is 32.0. The van der Waals surface area contributed by atoms with Gasteiger partial charge < -0.3 is 25.0 Å². The summed E-state index contributed by atoms with van der Waals surface area (Å²) in [5.74, 6) is 0.902. The number of alkyl halides is 3. The molecule has 4 heterocycles. The molecule has 10 nitrogen and oxygen atoms in total. The molecule has 2 aromatic carbocycles. The molecule has 6 bridgehead atoms. The third-order valence-corrected chi connectivity index (χ3v) is 7.75. The molecule has 13 heteroatoms. The predicted octanol–water partition coefficient (Wildman–Crippen LogP) is 5.04. The normalized spacial score (nSPS) is 17.4. The molecule has 45 heavy (non-hydrogen) atoms. The summed E-state index contributed by atoms with van der Waals surface area (Å²) in [5.41, 5.74) is 1.71. The first-order chi connectivity index (χ1) is 21.6. The van der Waals surface area contributed by atoms with Crippen molar-refractivity contribution in [2.24, 2.45) is 0 Å². The molecule has 2 amide bonds. The Morgan fingerprint density at radius 2 is 1.73 bits per heavy atom. The highest BCUT2D eigenvalue weighted by Gasteiger charge is 2.45. The molecule has 1 saturated carbocycles. The largest absolute Gasteiger partial charge is 0.494 e. The van der Waals surface area contributed by atoms with Crippen LogP contribution < -0.4 is 20.1 Å². The topological polar surface area (TPSA) is 119 Å². The molecular weight excluding hydrogens is 589 g/mol. The lowest BCUT2D eigenvalue weighted by Gasteiger charge is -2.22. The van der Waals surface area contributed by atoms with Crippen LogP contribution in [0.5, 0.6) is 11.8 Å². The van der Waals surface area contributed by atoms with Crippen LogP contribution in [0, 0.1) is 0 Å². The molecule has 0 radical (unpaired) electrons. The third-order valence-electron chi connectivity index (χ3n) is 7.75. The summed E-state index contributed by atoms with van der Waals surface area (Å²) in [5, 5.41) is 6.22. The van der Waals surface area contributed by atoms with Crippen molar-refractivity contribution in [3.05, 3.63) is 71.0 Å². The highest BCUT2D eigenvalue weighted by Crippen LogP contribution is 2.48. The summed E-state index contributed by atoms with van der Waals surface area (Å²) in [6.45, 7) is 2.43. The van der Waals surface area contributed by atoms with Gasteiger partial charge in [-0.15, -0.1) is 0 Å². The quantitative estimate of drug-likeness (QED) is 0.416. The zero-order chi connectivity index (χ0) is 31.9. The van der Waals surface area contributed by atoms with Crippen molar-refractivity contribution in [1.82, 2.24) is 25.2 Å². The lowest BCUT2D eigenvalue weighted by molar-refractivity contribution is -0.154. The average molecular weight is 627 g/mol. The standard InChI is InChI=1S/C32H37F3N6O4/c1-2-27(42)41-17-4-3-16-36-28(43)23-8-6-22(7-9-23)20-26-37-29(39-30(38-26)45-21-32(33,34)35)40-31(14-15-31)24-10-12-25(13-11-24)44-19-5-18-41/h6-13H,2-5,14-21H2,1H3,(H,36,43)(H,37,38,39,40). The number of carbonyl (C=O) groups excluding carboxylic acids is 2. The molecular formula is C32H37F3N6O4. The van der Waals surface area contributed by atoms with Gasteiger partial charge in [0.1, 0.15) is 11.6 Å². The molecule has 0 atom stereocenters. The van der Waals surface area contributed by atoms with Crippen LogP contribution >= 0.6 is 0 Å². The fourth-order valence-corrected chi connectivity index (χ4v) is 5.16. The van der Waals surface area contributed by atoms with Crippen molar-refractivity contribution in [1.29, 1.82) is 0 Å². The number of anilines is 1. The first-order valence-electron chi connectivity index (χ1n) is 15.2. The van der Waals surface area contributed by atoms with Gasteiger partial charge in [0.05, 0.1) is 12.1 Å². The summed E-state index contributed by atoms with van der Waals surface area (Å²) in [6.07, 6.45) is -0.239. The maximum absolute atomic E-state index is 12.9. The minimum Gasteiger partial charge on any atom is -0.494 e. The van der Waals surface area contributed by atoms with Crippen LogP contribution in [0.4, 0.5) is 19.1 Å². The molecule has 3 aromatic rings. The lowest BCUT2D eigenvalue weighted by atomic mass is 10.1. The third kappa shape index (κ3) is 9.05. The Hall–Kier alpha value is -4.42. The molecule has 4 aliphatic rings. The average Bonchev–Trinajstić information content (AvgIpc) is 3.80. The van der Waals surface area contributed by atoms with Gasteiger partial charge in [-0.1, -0.05) is 31.2 Å². The van der Waals surface area contributed by atoms with Gasteiger partial charge in [-0.05, 0) is 67.5 Å². The number of amides is 2. The van der Waals surface area contributed by atoms with E-state index in [1.54, 1.807) is 24.3 Å². The predicted molar refractivity (Wildman–Crippen MR) is 160 cm³/mol. The van der Waals surface area contributed by atoms with Gasteiger partial charge in [0.2, 0.25) is 11.9 Å². The fraction of sp³-hybridized carbons (Fsp3) is 0.469. The SMILES string of the molecule is CCC(=O)N1CCCCNC(=O)c2ccc(cc2)Cc2nc(nc(OCC(F)(F)F)n2)NC2(CC2)c2ccc(cc2)OCCC1. The Kier molecular flexibility index (Phi) is 10.0. The molecule has 7 rings (SSSR count). The number of ether oxygens (including phenoxy) is 2. The Morgan fingerprint density at radius 1 is 1.00 bits per heavy atom. The van der Waals surface area contributed by atoms with Crippen LogP contribution in [-0.2, 0) is 16.8 Å². The number of fused-ring (bicyclic) bond motifs is 2. The maximum Gasteiger partial charge on any atom is 0.422 e. The number of rotatable bonds is 3. The molecule has 1 aliphatic carbocycles. The van der Waals surface area contributed by atoms with Crippen LogP contribution in [0.15, 0.2) is 48.5 Å². The van der Waals surface area contributed by atoms with Crippen LogP contribution in [-0.4, -0.2) is 70.7 Å². The van der Waals surface area contributed by atoms with Gasteiger partial charge >= 0.3 is 12.2 Å². The number of halogens is 3. The van der Waals surface area contributed by atoms with E-state index < -0.39 is 24.3 Å². The van der Waals surface area contributed by atoms with Crippen molar-refractivity contribution >= 4 is 17.8 Å². The molecule has 1 aromatic heterocycles. The first-order valence-corrected chi connectivity index (χ1v) is 15.2. The van der Waals surface area contributed by atoms with E-state index in [4.69, 9.17) is 9.47 Å². The monoisotopic (exact) mass is 626 g/mol. The highest BCUT2D eigenvalue weighted by molar-refractivity contribution is 5.94. The second-order valence-electron chi connectivity index (χ2n) is 11.3. The number of aromatic nitrogens is 3. The smallest absolute Gasteiger partial charge is 0.422 e. The molecule has 2 N–H and O–H groups in total. The van der Waals surface area contributed by atoms with Gasteiger partial charge in [-0.25, -0.2) is 0 Å². The van der Waals surface area contributed by atoms with Crippen LogP contribution in [0.25, 0.3) is 0 Å². The van der Waals surface area contributed by atoms with E-state index in [1.807, 2.05) is 36.1 Å². The second kappa shape index (κ2) is 14.1. The lowest BCUT2D eigenvalue weighted by Crippen LogP contribution is -2.33. The van der Waals surface area contributed by atoms with E-state index in [0.717, 1.165) is 36.8 Å². The summed E-state index contributed by atoms with van der Waals surface area (Å²) < 4.78 is 49.6. The van der Waals surface area contributed by atoms with E-state index in [2.05, 4.69) is 25.6 Å². The van der Waals surface area contributed by atoms with Gasteiger partial charge in [0.15, 0.2) is 6.61 Å². The van der Waals surface area contributed by atoms with E-state index in [1.165, 1.54) is 0 Å². The van der Waals surface area contributed by atoms with Crippen LogP contribution in [0.1, 0.15) is 72.8 Å². The molecule has 0 saturated heterocycles. The Bertz CT molecular complexity index is 1460. The van der Waals surface area contributed by atoms with E-state index >= 15 is 0 Å². The number of nitrogens with one attached hydrogen (secondary N) is 2. The molecule has 1 fully saturated rings. The van der Waals surface area contributed by atoms with Gasteiger partial charge in [0.25, 0.3) is 5.91 Å². The van der Waals surface area contributed by atoms with Crippen molar-refractivity contribution < 1.29 is 32.2 Å². The minimum atomic E-state index is -4.55. The fourth-order valence-electron chi connectivity index (χ4n) is 5.16. The van der Waals surface area contributed by atoms with Crippen LogP contribution in [0.2, 0.25) is 0 Å². The van der Waals surface area contributed by atoms with Crippen molar-refractivity contribution in [3.63, 3.8) is 0 Å². The van der Waals surface area contributed by atoms with Crippen molar-refractivity contribution in [2.75, 3.05) is 38.2 Å². The second-order valence-corrected chi connectivity index (χ2v) is 11.3. The zero-order valence-electron chi connectivity index (χ0n) is 25.2. The minimum absolute atomic E-state index is 0.0894. The van der Waals surface area contributed by atoms with E-state index in [9.17, 15) is 22.8 Å². The Morgan fingerprint density at radius 3 is 2.42 bits per heavy atom. The van der Waals surface area contributed by atoms with Gasteiger partial charge in [0, 0.05) is 38.0 Å². The number of hydrogen-bond acceptors (Lipinski definition) is 8. The highest BCUT2D eigenvalue weighted by atomic mass is 19.4. The van der Waals surface area contributed by atoms with Crippen molar-refractivity contribution in [2.45, 2.75) is 63.6 Å². The Balaban J connectivity index is 1.38.